The molecule has 6 heteroatoms. The van der Waals surface area contributed by atoms with E-state index in [1.165, 1.54) is 36.4 Å². The first-order valence-electron chi connectivity index (χ1n) is 5.61. The average Bonchev–Trinajstić information content (AvgIpc) is 2.49. The van der Waals surface area contributed by atoms with E-state index in [9.17, 15) is 18.5 Å². The number of amides is 2. The van der Waals surface area contributed by atoms with Crippen LogP contribution in [-0.4, -0.2) is 17.1 Å². The molecule has 2 amide bonds. The number of para-hydroxylation sites is 1. The smallest absolute Gasteiger partial charge is 0.405 e. The molecule has 4 nitrogen and oxygen atoms in total. The summed E-state index contributed by atoms with van der Waals surface area (Å²) >= 11 is 0. The first-order valence-corrected chi connectivity index (χ1v) is 5.61. The van der Waals surface area contributed by atoms with Crippen molar-refractivity contribution in [3.8, 4) is 5.75 Å². The molecule has 102 valence electrons. The largest absolute Gasteiger partial charge is 0.451 e. The molecule has 0 N–H and O–H groups in total. The highest BCUT2D eigenvalue weighted by Crippen LogP contribution is 2.17. The van der Waals surface area contributed by atoms with Crippen LogP contribution >= 0.6 is 0 Å². The third-order valence-corrected chi connectivity index (χ3v) is 2.39. The van der Waals surface area contributed by atoms with E-state index in [0.717, 1.165) is 12.1 Å². The minimum Gasteiger partial charge on any atom is -0.405 e. The summed E-state index contributed by atoms with van der Waals surface area (Å²) in [6.07, 6.45) is -1.61. The van der Waals surface area contributed by atoms with Gasteiger partial charge in [-0.2, -0.15) is 0 Å². The van der Waals surface area contributed by atoms with Gasteiger partial charge in [0.25, 0.3) is 5.91 Å². The molecule has 0 aromatic heterocycles. The van der Waals surface area contributed by atoms with Crippen LogP contribution in [0.2, 0.25) is 0 Å². The van der Waals surface area contributed by atoms with Gasteiger partial charge >= 0.3 is 6.09 Å². The lowest BCUT2D eigenvalue weighted by atomic mass is 10.2. The van der Waals surface area contributed by atoms with Crippen LogP contribution in [0.4, 0.5) is 13.7 Å². The van der Waals surface area contributed by atoms with Crippen molar-refractivity contribution < 1.29 is 23.2 Å². The number of imide groups is 1. The van der Waals surface area contributed by atoms with Crippen molar-refractivity contribution in [3.63, 3.8) is 0 Å². The van der Waals surface area contributed by atoms with Gasteiger partial charge in [-0.05, 0) is 24.3 Å². The number of hydrogen-bond acceptors (Lipinski definition) is 3. The van der Waals surface area contributed by atoms with E-state index in [1.54, 1.807) is 6.07 Å². The monoisotopic (exact) mass is 277 g/mol. The zero-order chi connectivity index (χ0) is 14.5. The van der Waals surface area contributed by atoms with Crippen LogP contribution in [0.3, 0.4) is 0 Å². The van der Waals surface area contributed by atoms with Gasteiger partial charge in [0.05, 0.1) is 0 Å². The number of nitrogens with zero attached hydrogens (tertiary/aromatic N) is 1. The number of ether oxygens (including phenoxy) is 1. The predicted octanol–water partition coefficient (Wildman–Crippen LogP) is 3.35. The predicted molar refractivity (Wildman–Crippen MR) is 66.1 cm³/mol. The highest BCUT2D eigenvalue weighted by Gasteiger charge is 2.25. The fourth-order valence-electron chi connectivity index (χ4n) is 1.44. The topological polar surface area (TPSA) is 46.6 Å². The molecular weight excluding hydrogens is 268 g/mol. The number of halogens is 2. The van der Waals surface area contributed by atoms with Crippen LogP contribution in [0.15, 0.2) is 54.6 Å². The van der Waals surface area contributed by atoms with E-state index in [-0.39, 0.29) is 5.56 Å². The molecule has 0 fully saturated rings. The van der Waals surface area contributed by atoms with Crippen LogP contribution in [0.1, 0.15) is 10.4 Å². The Bertz CT molecular complexity index is 631. The minimum atomic E-state index is -1.61. The second-order valence-corrected chi connectivity index (χ2v) is 3.75. The number of benzene rings is 2. The Labute approximate surface area is 113 Å². The fourth-order valence-corrected chi connectivity index (χ4v) is 1.44. The second-order valence-electron chi connectivity index (χ2n) is 3.75. The van der Waals surface area contributed by atoms with Gasteiger partial charge < -0.3 is 4.74 Å². The Morgan fingerprint density at radius 3 is 2.20 bits per heavy atom. The van der Waals surface area contributed by atoms with E-state index in [0.29, 0.717) is 0 Å². The van der Waals surface area contributed by atoms with E-state index in [2.05, 4.69) is 4.74 Å². The summed E-state index contributed by atoms with van der Waals surface area (Å²) in [7, 11) is 0. The molecule has 0 unspecified atom stereocenters. The number of hydrogen-bond donors (Lipinski definition) is 0. The van der Waals surface area contributed by atoms with Crippen molar-refractivity contribution in [1.29, 1.82) is 0 Å². The zero-order valence-corrected chi connectivity index (χ0v) is 10.1. The first kappa shape index (κ1) is 13.7. The molecule has 2 aromatic carbocycles. The maximum atomic E-state index is 13.6. The molecule has 0 bridgehead atoms. The van der Waals surface area contributed by atoms with Gasteiger partial charge in [-0.15, -0.1) is 0 Å². The van der Waals surface area contributed by atoms with Gasteiger partial charge in [-0.25, -0.2) is 9.18 Å². The molecule has 0 saturated heterocycles. The number of rotatable bonds is 2. The Hall–Kier alpha value is -2.76. The normalized spacial score (nSPS) is 9.90. The van der Waals surface area contributed by atoms with Crippen LogP contribution in [0.25, 0.3) is 0 Å². The summed E-state index contributed by atoms with van der Waals surface area (Å²) in [6.45, 7) is 0. The molecule has 0 spiro atoms. The lowest BCUT2D eigenvalue weighted by Crippen LogP contribution is -2.32. The SMILES string of the molecule is O=C(Oc1ccccc1F)N(F)C(=O)c1ccccc1. The van der Waals surface area contributed by atoms with Gasteiger partial charge in [0.15, 0.2) is 11.6 Å². The van der Waals surface area contributed by atoms with Crippen LogP contribution in [0.5, 0.6) is 5.75 Å². The third kappa shape index (κ3) is 2.97. The molecular formula is C14H9F2NO3. The minimum absolute atomic E-state index is 0.0273. The number of carbonyl (C=O) groups excluding carboxylic acids is 2. The Morgan fingerprint density at radius 2 is 1.55 bits per heavy atom. The van der Waals surface area contributed by atoms with E-state index in [4.69, 9.17) is 0 Å². The Balaban J connectivity index is 2.10. The second kappa shape index (κ2) is 5.92. The van der Waals surface area contributed by atoms with Gasteiger partial charge in [0, 0.05) is 5.56 Å². The van der Waals surface area contributed by atoms with Gasteiger partial charge in [0.1, 0.15) is 0 Å². The fraction of sp³-hybridized carbons (Fsp3) is 0. The van der Waals surface area contributed by atoms with Crippen molar-refractivity contribution in [2.75, 3.05) is 0 Å². The van der Waals surface area contributed by atoms with Crippen LogP contribution < -0.4 is 4.74 Å². The molecule has 0 saturated carbocycles. The molecule has 2 rings (SSSR count). The van der Waals surface area contributed by atoms with Gasteiger partial charge in [0.2, 0.25) is 0 Å². The van der Waals surface area contributed by atoms with Crippen molar-refractivity contribution in [2.45, 2.75) is 0 Å². The van der Waals surface area contributed by atoms with Crippen molar-refractivity contribution in [2.24, 2.45) is 0 Å². The van der Waals surface area contributed by atoms with E-state index in [1.807, 2.05) is 0 Å². The van der Waals surface area contributed by atoms with Crippen LogP contribution in [-0.2, 0) is 0 Å². The summed E-state index contributed by atoms with van der Waals surface area (Å²) in [5, 5.41) is -0.707. The van der Waals surface area contributed by atoms with Crippen LogP contribution in [0, 0.1) is 5.82 Å². The molecule has 0 radical (unpaired) electrons. The Kier molecular flexibility index (Phi) is 4.05. The van der Waals surface area contributed by atoms with Gasteiger partial charge in [-0.1, -0.05) is 39.9 Å². The summed E-state index contributed by atoms with van der Waals surface area (Å²) < 4.78 is 31.3. The molecule has 0 heterocycles. The summed E-state index contributed by atoms with van der Waals surface area (Å²) in [5.41, 5.74) is -0.0273. The van der Waals surface area contributed by atoms with Crippen molar-refractivity contribution in [1.82, 2.24) is 5.12 Å². The summed E-state index contributed by atoms with van der Waals surface area (Å²) in [5.74, 6) is -2.48. The lowest BCUT2D eigenvalue weighted by molar-refractivity contribution is 0.0269. The number of carbonyl (C=O) groups is 2. The molecule has 0 aliphatic rings. The molecule has 0 atom stereocenters. The van der Waals surface area contributed by atoms with Gasteiger partial charge in [-0.3, -0.25) is 4.79 Å². The highest BCUT2D eigenvalue weighted by molar-refractivity contribution is 6.02. The quantitative estimate of drug-likeness (QED) is 0.791. The first-order chi connectivity index (χ1) is 9.59. The lowest BCUT2D eigenvalue weighted by Gasteiger charge is -2.10. The standard InChI is InChI=1S/C14H9F2NO3/c15-11-8-4-5-9-12(11)20-14(19)17(16)13(18)10-6-2-1-3-7-10/h1-9H. The maximum absolute atomic E-state index is 13.6. The van der Waals surface area contributed by atoms with Crippen molar-refractivity contribution >= 4 is 12.0 Å². The third-order valence-electron chi connectivity index (χ3n) is 2.39. The molecule has 0 aliphatic heterocycles. The Morgan fingerprint density at radius 1 is 0.950 bits per heavy atom. The zero-order valence-electron chi connectivity index (χ0n) is 10.1. The van der Waals surface area contributed by atoms with Crippen molar-refractivity contribution in [3.05, 3.63) is 66.0 Å². The van der Waals surface area contributed by atoms with E-state index < -0.39 is 28.7 Å². The maximum Gasteiger partial charge on any atom is 0.451 e. The summed E-state index contributed by atoms with van der Waals surface area (Å²) in [4.78, 5) is 23.0. The van der Waals surface area contributed by atoms with E-state index >= 15 is 0 Å². The molecule has 20 heavy (non-hydrogen) atoms. The molecule has 2 aromatic rings. The highest BCUT2D eigenvalue weighted by atomic mass is 19.2. The molecule has 0 aliphatic carbocycles. The average molecular weight is 277 g/mol. The summed E-state index contributed by atoms with van der Waals surface area (Å²) in [6, 6.07) is 12.3.